The molecule has 166 valence electrons. The Morgan fingerprint density at radius 2 is 1.94 bits per heavy atom. The normalized spacial score (nSPS) is 14.0. The zero-order valence-electron chi connectivity index (χ0n) is 18.4. The summed E-state index contributed by atoms with van der Waals surface area (Å²) in [5.41, 5.74) is 2.87. The molecule has 1 fully saturated rings. The molecular weight excluding hydrogens is 417 g/mol. The van der Waals surface area contributed by atoms with E-state index in [4.69, 9.17) is 0 Å². The molecule has 0 bridgehead atoms. The third kappa shape index (κ3) is 4.45. The van der Waals surface area contributed by atoms with Crippen LogP contribution in [0.4, 0.5) is 4.39 Å². The molecule has 1 aliphatic heterocycles. The summed E-state index contributed by atoms with van der Waals surface area (Å²) < 4.78 is 14.6. The topological polar surface area (TPSA) is 62.2 Å². The minimum absolute atomic E-state index is 0.106. The van der Waals surface area contributed by atoms with Gasteiger partial charge in [-0.25, -0.2) is 4.39 Å². The molecule has 2 aromatic heterocycles. The van der Waals surface area contributed by atoms with Gasteiger partial charge in [0.25, 0.3) is 5.91 Å². The number of halogens is 1. The first-order valence-corrected chi connectivity index (χ1v) is 10.9. The molecule has 6 nitrogen and oxygen atoms in total. The quantitative estimate of drug-likeness (QED) is 0.457. The van der Waals surface area contributed by atoms with Gasteiger partial charge in [-0.15, -0.1) is 0 Å². The zero-order chi connectivity index (χ0) is 22.8. The Balaban J connectivity index is 1.27. The van der Waals surface area contributed by atoms with E-state index in [1.54, 1.807) is 29.4 Å². The van der Waals surface area contributed by atoms with E-state index in [-0.39, 0.29) is 17.5 Å². The van der Waals surface area contributed by atoms with Crippen molar-refractivity contribution in [3.05, 3.63) is 101 Å². The number of aromatic nitrogens is 3. The van der Waals surface area contributed by atoms with Crippen LogP contribution in [0.25, 0.3) is 10.8 Å². The van der Waals surface area contributed by atoms with Crippen LogP contribution in [-0.4, -0.2) is 57.1 Å². The molecule has 0 unspecified atom stereocenters. The fourth-order valence-corrected chi connectivity index (χ4v) is 4.24. The van der Waals surface area contributed by atoms with Gasteiger partial charge in [0.2, 0.25) is 0 Å². The van der Waals surface area contributed by atoms with E-state index in [0.29, 0.717) is 19.5 Å². The Morgan fingerprint density at radius 3 is 2.76 bits per heavy atom. The van der Waals surface area contributed by atoms with Crippen LogP contribution < -0.4 is 0 Å². The molecule has 1 saturated heterocycles. The van der Waals surface area contributed by atoms with E-state index in [0.717, 1.165) is 34.1 Å². The Hall–Kier alpha value is -3.71. The van der Waals surface area contributed by atoms with Gasteiger partial charge >= 0.3 is 0 Å². The van der Waals surface area contributed by atoms with Gasteiger partial charge in [-0.2, -0.15) is 10.2 Å². The highest BCUT2D eigenvalue weighted by molar-refractivity contribution is 5.95. The van der Waals surface area contributed by atoms with Crippen LogP contribution in [0, 0.1) is 5.82 Å². The summed E-state index contributed by atoms with van der Waals surface area (Å²) in [6, 6.07) is 16.8. The first-order chi connectivity index (χ1) is 16.1. The molecule has 1 amide bonds. The van der Waals surface area contributed by atoms with Crippen LogP contribution >= 0.6 is 0 Å². The van der Waals surface area contributed by atoms with Gasteiger partial charge < -0.3 is 4.90 Å². The predicted molar refractivity (Wildman–Crippen MR) is 124 cm³/mol. The van der Waals surface area contributed by atoms with Crippen molar-refractivity contribution >= 4 is 16.7 Å². The van der Waals surface area contributed by atoms with E-state index in [1.165, 1.54) is 6.07 Å². The molecule has 7 heteroatoms. The lowest BCUT2D eigenvalue weighted by Crippen LogP contribution is -2.60. The van der Waals surface area contributed by atoms with E-state index in [2.05, 4.69) is 20.1 Å². The number of pyridine rings is 1. The van der Waals surface area contributed by atoms with Gasteiger partial charge in [0.05, 0.1) is 17.5 Å². The lowest BCUT2D eigenvalue weighted by atomic mass is 10.00. The summed E-state index contributed by atoms with van der Waals surface area (Å²) in [7, 11) is 2.03. The Morgan fingerprint density at radius 1 is 1.09 bits per heavy atom. The number of hydrogen-bond acceptors (Lipinski definition) is 5. The summed E-state index contributed by atoms with van der Waals surface area (Å²) in [6.45, 7) is 1.92. The highest BCUT2D eigenvalue weighted by Gasteiger charge is 2.34. The van der Waals surface area contributed by atoms with Crippen LogP contribution in [0.1, 0.15) is 27.2 Å². The third-order valence-electron chi connectivity index (χ3n) is 6.21. The maximum Gasteiger partial charge on any atom is 0.256 e. The lowest BCUT2D eigenvalue weighted by Gasteiger charge is -2.44. The lowest BCUT2D eigenvalue weighted by molar-refractivity contribution is 0.0317. The monoisotopic (exact) mass is 441 g/mol. The van der Waals surface area contributed by atoms with Crippen molar-refractivity contribution in [1.29, 1.82) is 0 Å². The van der Waals surface area contributed by atoms with Crippen molar-refractivity contribution in [3.8, 4) is 0 Å². The highest BCUT2D eigenvalue weighted by Crippen LogP contribution is 2.23. The van der Waals surface area contributed by atoms with Crippen LogP contribution in [0.5, 0.6) is 0 Å². The summed E-state index contributed by atoms with van der Waals surface area (Å²) in [4.78, 5) is 21.1. The van der Waals surface area contributed by atoms with Gasteiger partial charge in [-0.05, 0) is 36.4 Å². The summed E-state index contributed by atoms with van der Waals surface area (Å²) >= 11 is 0. The second kappa shape index (κ2) is 9.03. The summed E-state index contributed by atoms with van der Waals surface area (Å²) in [5.74, 6) is -0.774. The Kier molecular flexibility index (Phi) is 5.79. The van der Waals surface area contributed by atoms with Crippen molar-refractivity contribution < 1.29 is 9.18 Å². The number of carbonyl (C=O) groups excluding carboxylic acids is 1. The number of hydrogen-bond donors (Lipinski definition) is 0. The summed E-state index contributed by atoms with van der Waals surface area (Å²) in [6.07, 6.45) is 5.80. The zero-order valence-corrected chi connectivity index (χ0v) is 18.4. The number of nitrogens with zero attached hydrogens (tertiary/aromatic N) is 5. The van der Waals surface area contributed by atoms with E-state index in [1.807, 2.05) is 49.6 Å². The van der Waals surface area contributed by atoms with Gasteiger partial charge in [-0.1, -0.05) is 36.4 Å². The van der Waals surface area contributed by atoms with Crippen LogP contribution in [-0.2, 0) is 13.0 Å². The smallest absolute Gasteiger partial charge is 0.256 e. The molecule has 0 N–H and O–H groups in total. The minimum Gasteiger partial charge on any atom is -0.335 e. The van der Waals surface area contributed by atoms with Crippen molar-refractivity contribution in [2.24, 2.45) is 0 Å². The molecule has 3 heterocycles. The first-order valence-electron chi connectivity index (χ1n) is 10.9. The van der Waals surface area contributed by atoms with Crippen molar-refractivity contribution in [3.63, 3.8) is 0 Å². The van der Waals surface area contributed by atoms with Crippen molar-refractivity contribution in [1.82, 2.24) is 25.0 Å². The second-order valence-corrected chi connectivity index (χ2v) is 8.51. The molecule has 4 aromatic rings. The largest absolute Gasteiger partial charge is 0.335 e. The van der Waals surface area contributed by atoms with E-state index >= 15 is 0 Å². The summed E-state index contributed by atoms with van der Waals surface area (Å²) in [5, 5.41) is 10.4. The van der Waals surface area contributed by atoms with Gasteiger partial charge in [-0.3, -0.25) is 14.7 Å². The maximum atomic E-state index is 14.6. The molecule has 0 radical (unpaired) electrons. The van der Waals surface area contributed by atoms with Crippen LogP contribution in [0.2, 0.25) is 0 Å². The number of benzene rings is 2. The highest BCUT2D eigenvalue weighted by atomic mass is 19.1. The molecule has 0 saturated carbocycles. The molecule has 33 heavy (non-hydrogen) atoms. The Bertz CT molecular complexity index is 1290. The van der Waals surface area contributed by atoms with Crippen LogP contribution in [0.15, 0.2) is 73.2 Å². The third-order valence-corrected chi connectivity index (χ3v) is 6.21. The molecular formula is C26H24FN5O. The minimum atomic E-state index is -0.500. The Labute approximate surface area is 191 Å². The maximum absolute atomic E-state index is 14.6. The molecule has 1 aliphatic rings. The number of carbonyl (C=O) groups is 1. The molecule has 2 aromatic carbocycles. The van der Waals surface area contributed by atoms with Crippen molar-refractivity contribution in [2.45, 2.75) is 19.0 Å². The molecule has 0 aliphatic carbocycles. The average Bonchev–Trinajstić information content (AvgIpc) is 2.80. The van der Waals surface area contributed by atoms with E-state index < -0.39 is 5.82 Å². The first kappa shape index (κ1) is 21.2. The number of likely N-dealkylation sites (N-methyl/N-ethyl adjacent to an activating group) is 1. The standard InChI is InChI=1S/C26H24FN5O/c1-31(15-19-5-4-10-28-13-19)21-16-32(17-21)26(33)23-11-18(8-9-24(23)27)12-25-22-7-3-2-6-20(22)14-29-30-25/h2-11,13-14,21H,12,15-17H2,1H3. The number of fused-ring (bicyclic) bond motifs is 1. The number of rotatable bonds is 6. The fraction of sp³-hybridized carbons (Fsp3) is 0.231. The van der Waals surface area contributed by atoms with Crippen LogP contribution in [0.3, 0.4) is 0 Å². The SMILES string of the molecule is CN(Cc1cccnc1)C1CN(C(=O)c2cc(Cc3nncc4ccccc34)ccc2F)C1. The molecule has 5 rings (SSSR count). The molecule has 0 spiro atoms. The fourth-order valence-electron chi connectivity index (χ4n) is 4.24. The number of likely N-dealkylation sites (tertiary alicyclic amines) is 1. The predicted octanol–water partition coefficient (Wildman–Crippen LogP) is 3.71. The molecule has 0 atom stereocenters. The van der Waals surface area contributed by atoms with Gasteiger partial charge in [0, 0.05) is 55.3 Å². The van der Waals surface area contributed by atoms with Crippen molar-refractivity contribution in [2.75, 3.05) is 20.1 Å². The van der Waals surface area contributed by atoms with Gasteiger partial charge in [0.1, 0.15) is 5.82 Å². The van der Waals surface area contributed by atoms with E-state index in [9.17, 15) is 9.18 Å². The second-order valence-electron chi connectivity index (χ2n) is 8.51. The number of amides is 1. The average molecular weight is 442 g/mol. The van der Waals surface area contributed by atoms with Gasteiger partial charge in [0.15, 0.2) is 0 Å².